The Morgan fingerprint density at radius 2 is 2.19 bits per heavy atom. The van der Waals surface area contributed by atoms with Gasteiger partial charge in [-0.25, -0.2) is 4.79 Å². The molecule has 1 unspecified atom stereocenters. The molecular weight excluding hydrogens is 461 g/mol. The molecule has 0 saturated heterocycles. The van der Waals surface area contributed by atoms with E-state index >= 15 is 0 Å². The van der Waals surface area contributed by atoms with E-state index in [0.717, 1.165) is 24.3 Å². The van der Waals surface area contributed by atoms with Crippen molar-refractivity contribution in [3.8, 4) is 0 Å². The van der Waals surface area contributed by atoms with Crippen molar-refractivity contribution in [2.75, 3.05) is 20.2 Å². The summed E-state index contributed by atoms with van der Waals surface area (Å²) in [5, 5.41) is 17.7. The summed E-state index contributed by atoms with van der Waals surface area (Å²) in [6, 6.07) is 5.80. The average molecular weight is 487 g/mol. The number of hydrogen-bond acceptors (Lipinski definition) is 5. The van der Waals surface area contributed by atoms with Crippen molar-refractivity contribution in [3.05, 3.63) is 30.2 Å². The molecule has 148 valence electrons. The summed E-state index contributed by atoms with van der Waals surface area (Å²) in [5.74, 6) is 1.94. The number of alkyl carbamates (subject to hydrolysis) is 1. The van der Waals surface area contributed by atoms with Crippen LogP contribution in [0.3, 0.4) is 0 Å². The Hall–Kier alpha value is -2.11. The summed E-state index contributed by atoms with van der Waals surface area (Å²) in [7, 11) is 1.71. The highest BCUT2D eigenvalue weighted by molar-refractivity contribution is 14.0. The molecular formula is C17H26IN7O2. The minimum absolute atomic E-state index is 0. The Bertz CT molecular complexity index is 775. The fraction of sp³-hybridized carbons (Fsp3) is 0.529. The summed E-state index contributed by atoms with van der Waals surface area (Å²) >= 11 is 0. The number of carbonyl (C=O) groups is 1. The molecule has 10 heteroatoms. The number of carbonyl (C=O) groups excluding carboxylic acids is 1. The zero-order valence-corrected chi connectivity index (χ0v) is 17.8. The second-order valence-electron chi connectivity index (χ2n) is 6.16. The third-order valence-electron chi connectivity index (χ3n) is 4.28. The number of pyridine rings is 1. The SMILES string of the molecule is CCOC(=O)NC(CNC(=NC)NCc1nnc2ccccn12)C1CC1.I. The first-order valence-corrected chi connectivity index (χ1v) is 8.87. The molecule has 2 heterocycles. The highest BCUT2D eigenvalue weighted by atomic mass is 127. The smallest absolute Gasteiger partial charge is 0.407 e. The Kier molecular flexibility index (Phi) is 8.07. The first-order chi connectivity index (χ1) is 12.7. The topological polar surface area (TPSA) is 105 Å². The fourth-order valence-electron chi connectivity index (χ4n) is 2.76. The lowest BCUT2D eigenvalue weighted by Gasteiger charge is -2.20. The van der Waals surface area contributed by atoms with E-state index in [-0.39, 0.29) is 36.1 Å². The molecule has 0 spiro atoms. The van der Waals surface area contributed by atoms with Crippen LogP contribution < -0.4 is 16.0 Å². The largest absolute Gasteiger partial charge is 0.450 e. The van der Waals surface area contributed by atoms with Crippen LogP contribution in [-0.2, 0) is 11.3 Å². The van der Waals surface area contributed by atoms with Crippen LogP contribution >= 0.6 is 24.0 Å². The van der Waals surface area contributed by atoms with Crippen molar-refractivity contribution in [1.82, 2.24) is 30.5 Å². The molecule has 3 rings (SSSR count). The van der Waals surface area contributed by atoms with Gasteiger partial charge in [-0.15, -0.1) is 34.2 Å². The lowest BCUT2D eigenvalue weighted by molar-refractivity contribution is 0.146. The summed E-state index contributed by atoms with van der Waals surface area (Å²) < 4.78 is 6.91. The molecule has 0 aliphatic heterocycles. The highest BCUT2D eigenvalue weighted by Crippen LogP contribution is 2.32. The molecule has 1 aliphatic carbocycles. The van der Waals surface area contributed by atoms with Crippen LogP contribution in [0.25, 0.3) is 5.65 Å². The molecule has 1 fully saturated rings. The van der Waals surface area contributed by atoms with Gasteiger partial charge in [-0.05, 0) is 37.8 Å². The minimum Gasteiger partial charge on any atom is -0.450 e. The van der Waals surface area contributed by atoms with Gasteiger partial charge in [0.15, 0.2) is 17.4 Å². The van der Waals surface area contributed by atoms with Gasteiger partial charge in [-0.3, -0.25) is 9.39 Å². The van der Waals surface area contributed by atoms with E-state index in [9.17, 15) is 4.79 Å². The van der Waals surface area contributed by atoms with E-state index in [1.54, 1.807) is 14.0 Å². The highest BCUT2D eigenvalue weighted by Gasteiger charge is 2.32. The normalized spacial score (nSPS) is 15.0. The molecule has 1 saturated carbocycles. The van der Waals surface area contributed by atoms with Crippen molar-refractivity contribution in [2.24, 2.45) is 10.9 Å². The molecule has 0 aromatic carbocycles. The Morgan fingerprint density at radius 3 is 2.89 bits per heavy atom. The molecule has 1 aliphatic rings. The second kappa shape index (κ2) is 10.3. The Balaban J connectivity index is 0.00000261. The number of halogens is 1. The summed E-state index contributed by atoms with van der Waals surface area (Å²) in [5.41, 5.74) is 0.805. The van der Waals surface area contributed by atoms with Crippen LogP contribution in [0.15, 0.2) is 29.4 Å². The van der Waals surface area contributed by atoms with Crippen molar-refractivity contribution in [1.29, 1.82) is 0 Å². The number of hydrogen-bond donors (Lipinski definition) is 3. The third-order valence-corrected chi connectivity index (χ3v) is 4.28. The van der Waals surface area contributed by atoms with Crippen LogP contribution in [0.5, 0.6) is 0 Å². The standard InChI is InChI=1S/C17H25N7O2.HI/c1-3-26-17(25)21-13(12-7-8-12)10-19-16(18-2)20-11-15-23-22-14-6-4-5-9-24(14)15;/h4-6,9,12-13H,3,7-8,10-11H2,1-2H3,(H,21,25)(H2,18,19,20);1H. The number of rotatable bonds is 7. The maximum Gasteiger partial charge on any atom is 0.407 e. The van der Waals surface area contributed by atoms with Gasteiger partial charge < -0.3 is 20.7 Å². The van der Waals surface area contributed by atoms with E-state index in [1.165, 1.54) is 0 Å². The molecule has 1 atom stereocenters. The van der Waals surface area contributed by atoms with Crippen LogP contribution in [0, 0.1) is 5.92 Å². The van der Waals surface area contributed by atoms with Gasteiger partial charge in [0.2, 0.25) is 0 Å². The van der Waals surface area contributed by atoms with Gasteiger partial charge in [-0.2, -0.15) is 0 Å². The predicted molar refractivity (Wildman–Crippen MR) is 113 cm³/mol. The third kappa shape index (κ3) is 5.94. The van der Waals surface area contributed by atoms with Crippen LogP contribution in [0.1, 0.15) is 25.6 Å². The van der Waals surface area contributed by atoms with E-state index in [2.05, 4.69) is 31.1 Å². The number of guanidine groups is 1. The quantitative estimate of drug-likeness (QED) is 0.311. The maximum atomic E-state index is 11.7. The Morgan fingerprint density at radius 1 is 1.37 bits per heavy atom. The minimum atomic E-state index is -0.371. The van der Waals surface area contributed by atoms with Crippen molar-refractivity contribution in [3.63, 3.8) is 0 Å². The zero-order valence-electron chi connectivity index (χ0n) is 15.5. The van der Waals surface area contributed by atoms with E-state index in [1.807, 2.05) is 28.8 Å². The number of nitrogens with one attached hydrogen (secondary N) is 3. The molecule has 3 N–H and O–H groups in total. The average Bonchev–Trinajstić information content (AvgIpc) is 3.42. The number of aliphatic imine (C=N–C) groups is 1. The van der Waals surface area contributed by atoms with E-state index < -0.39 is 0 Å². The van der Waals surface area contributed by atoms with Gasteiger partial charge in [0.05, 0.1) is 19.2 Å². The number of fused-ring (bicyclic) bond motifs is 1. The lowest BCUT2D eigenvalue weighted by atomic mass is 10.2. The molecule has 9 nitrogen and oxygen atoms in total. The van der Waals surface area contributed by atoms with Gasteiger partial charge >= 0.3 is 6.09 Å². The van der Waals surface area contributed by atoms with Gasteiger partial charge in [0, 0.05) is 19.8 Å². The predicted octanol–water partition coefficient (Wildman–Crippen LogP) is 1.54. The molecule has 1 amide bonds. The first kappa shape index (κ1) is 21.2. The molecule has 2 aromatic rings. The zero-order chi connectivity index (χ0) is 18.4. The Labute approximate surface area is 175 Å². The number of amides is 1. The van der Waals surface area contributed by atoms with Crippen LogP contribution in [0.2, 0.25) is 0 Å². The second-order valence-corrected chi connectivity index (χ2v) is 6.16. The molecule has 2 aromatic heterocycles. The van der Waals surface area contributed by atoms with Crippen molar-refractivity contribution >= 4 is 41.7 Å². The number of ether oxygens (including phenoxy) is 1. The fourth-order valence-corrected chi connectivity index (χ4v) is 2.76. The van der Waals surface area contributed by atoms with Gasteiger partial charge in [0.25, 0.3) is 0 Å². The number of aromatic nitrogens is 3. The van der Waals surface area contributed by atoms with Gasteiger partial charge in [0.1, 0.15) is 0 Å². The summed E-state index contributed by atoms with van der Waals surface area (Å²) in [4.78, 5) is 15.9. The number of nitrogens with zero attached hydrogens (tertiary/aromatic N) is 4. The van der Waals surface area contributed by atoms with Crippen LogP contribution in [0.4, 0.5) is 4.79 Å². The van der Waals surface area contributed by atoms with Crippen LogP contribution in [-0.4, -0.2) is 52.9 Å². The van der Waals surface area contributed by atoms with Crippen molar-refractivity contribution < 1.29 is 9.53 Å². The molecule has 27 heavy (non-hydrogen) atoms. The van der Waals surface area contributed by atoms with E-state index in [0.29, 0.717) is 31.6 Å². The van der Waals surface area contributed by atoms with Gasteiger partial charge in [-0.1, -0.05) is 6.07 Å². The molecule has 0 radical (unpaired) electrons. The van der Waals surface area contributed by atoms with Crippen molar-refractivity contribution in [2.45, 2.75) is 32.4 Å². The summed E-state index contributed by atoms with van der Waals surface area (Å²) in [6.07, 6.45) is 3.80. The molecule has 0 bridgehead atoms. The summed E-state index contributed by atoms with van der Waals surface area (Å²) in [6.45, 7) is 3.24. The lowest BCUT2D eigenvalue weighted by Crippen LogP contribution is -2.48. The first-order valence-electron chi connectivity index (χ1n) is 8.87. The maximum absolute atomic E-state index is 11.7. The monoisotopic (exact) mass is 487 g/mol. The van der Waals surface area contributed by atoms with E-state index in [4.69, 9.17) is 4.74 Å².